The Morgan fingerprint density at radius 1 is 1.12 bits per heavy atom. The fraction of sp³-hybridized carbons (Fsp3) is 0.409. The molecule has 1 amide bonds. The number of likely N-dealkylation sites (tertiary alicyclic amines) is 1. The van der Waals surface area contributed by atoms with Crippen LogP contribution in [0.2, 0.25) is 0 Å². The van der Waals surface area contributed by atoms with Gasteiger partial charge in [-0.3, -0.25) is 4.79 Å². The van der Waals surface area contributed by atoms with Gasteiger partial charge in [-0.05, 0) is 37.3 Å². The average Bonchev–Trinajstić information content (AvgIpc) is 3.21. The second-order valence-electron chi connectivity index (χ2n) is 7.41. The van der Waals surface area contributed by atoms with Gasteiger partial charge in [-0.2, -0.15) is 0 Å². The first-order valence-corrected chi connectivity index (χ1v) is 9.42. The lowest BCUT2D eigenvalue weighted by Crippen LogP contribution is -2.44. The highest BCUT2D eigenvalue weighted by molar-refractivity contribution is 5.80. The van der Waals surface area contributed by atoms with E-state index < -0.39 is 5.60 Å². The van der Waals surface area contributed by atoms with Crippen LogP contribution in [0.5, 0.6) is 5.75 Å². The summed E-state index contributed by atoms with van der Waals surface area (Å²) in [7, 11) is 0. The van der Waals surface area contributed by atoms with Gasteiger partial charge in [-0.1, -0.05) is 48.5 Å². The number of carbonyl (C=O) groups excluding carboxylic acids is 1. The van der Waals surface area contributed by atoms with E-state index in [1.165, 1.54) is 0 Å². The zero-order valence-corrected chi connectivity index (χ0v) is 14.9. The summed E-state index contributed by atoms with van der Waals surface area (Å²) in [6, 6.07) is 17.7. The van der Waals surface area contributed by atoms with Gasteiger partial charge in [0, 0.05) is 12.1 Å². The topological polar surface area (TPSA) is 49.8 Å². The van der Waals surface area contributed by atoms with E-state index in [1.807, 2.05) is 59.5 Å². The molecule has 1 aliphatic heterocycles. The number of ether oxygens (including phenoxy) is 1. The first-order valence-electron chi connectivity index (χ1n) is 9.42. The summed E-state index contributed by atoms with van der Waals surface area (Å²) >= 11 is 0. The number of nitrogens with zero attached hydrogens (tertiary/aromatic N) is 1. The molecule has 1 N–H and O–H groups in total. The zero-order chi connectivity index (χ0) is 18.0. The van der Waals surface area contributed by atoms with Crippen LogP contribution in [0.15, 0.2) is 54.6 Å². The normalized spacial score (nSPS) is 20.8. The van der Waals surface area contributed by atoms with Crippen molar-refractivity contribution >= 4 is 5.91 Å². The Kier molecular flexibility index (Phi) is 4.68. The smallest absolute Gasteiger partial charge is 0.227 e. The van der Waals surface area contributed by atoms with Crippen molar-refractivity contribution in [2.45, 2.75) is 50.4 Å². The SMILES string of the molecule is O=C(Cc1ccccc1OCc1ccccc1)N1CCCC1C1(O)CC1. The van der Waals surface area contributed by atoms with E-state index >= 15 is 0 Å². The van der Waals surface area contributed by atoms with Gasteiger partial charge in [-0.25, -0.2) is 0 Å². The number of hydrogen-bond acceptors (Lipinski definition) is 3. The maximum atomic E-state index is 12.9. The van der Waals surface area contributed by atoms with E-state index in [0.29, 0.717) is 13.0 Å². The highest BCUT2D eigenvalue weighted by Gasteiger charge is 2.52. The summed E-state index contributed by atoms with van der Waals surface area (Å²) in [5.41, 5.74) is 1.38. The predicted molar refractivity (Wildman–Crippen MR) is 99.8 cm³/mol. The minimum Gasteiger partial charge on any atom is -0.489 e. The van der Waals surface area contributed by atoms with Crippen LogP contribution >= 0.6 is 0 Å². The molecule has 0 spiro atoms. The van der Waals surface area contributed by atoms with E-state index in [2.05, 4.69) is 0 Å². The number of amides is 1. The molecule has 0 aromatic heterocycles. The van der Waals surface area contributed by atoms with E-state index in [1.54, 1.807) is 0 Å². The molecule has 2 fully saturated rings. The number of rotatable bonds is 6. The van der Waals surface area contributed by atoms with Crippen molar-refractivity contribution in [3.63, 3.8) is 0 Å². The van der Waals surface area contributed by atoms with E-state index in [-0.39, 0.29) is 11.9 Å². The number of hydrogen-bond donors (Lipinski definition) is 1. The van der Waals surface area contributed by atoms with Crippen molar-refractivity contribution in [2.75, 3.05) is 6.54 Å². The highest BCUT2D eigenvalue weighted by Crippen LogP contribution is 2.44. The summed E-state index contributed by atoms with van der Waals surface area (Å²) in [6.45, 7) is 1.23. The molecule has 1 saturated heterocycles. The molecule has 0 radical (unpaired) electrons. The minimum absolute atomic E-state index is 0.00704. The molecule has 2 aromatic rings. The Balaban J connectivity index is 1.44. The molecule has 1 atom stereocenters. The summed E-state index contributed by atoms with van der Waals surface area (Å²) in [5, 5.41) is 10.5. The lowest BCUT2D eigenvalue weighted by atomic mass is 10.1. The second kappa shape index (κ2) is 7.12. The van der Waals surface area contributed by atoms with Crippen molar-refractivity contribution in [2.24, 2.45) is 0 Å². The van der Waals surface area contributed by atoms with Crippen LogP contribution in [0, 0.1) is 0 Å². The van der Waals surface area contributed by atoms with Crippen molar-refractivity contribution in [3.05, 3.63) is 65.7 Å². The van der Waals surface area contributed by atoms with Crippen molar-refractivity contribution in [1.29, 1.82) is 0 Å². The molecule has 0 bridgehead atoms. The Labute approximate surface area is 154 Å². The lowest BCUT2D eigenvalue weighted by molar-refractivity contribution is -0.134. The van der Waals surface area contributed by atoms with Gasteiger partial charge in [0.2, 0.25) is 5.91 Å². The Bertz CT molecular complexity index is 770. The molecule has 4 heteroatoms. The molecular weight excluding hydrogens is 326 g/mol. The summed E-state index contributed by atoms with van der Waals surface area (Å²) < 4.78 is 5.97. The van der Waals surface area contributed by atoms with Crippen LogP contribution in [-0.4, -0.2) is 34.1 Å². The third kappa shape index (κ3) is 3.61. The molecule has 1 saturated carbocycles. The predicted octanol–water partition coefficient (Wildman–Crippen LogP) is 3.32. The molecule has 2 aromatic carbocycles. The molecule has 2 aliphatic rings. The largest absolute Gasteiger partial charge is 0.489 e. The monoisotopic (exact) mass is 351 g/mol. The fourth-order valence-corrected chi connectivity index (χ4v) is 3.88. The van der Waals surface area contributed by atoms with Crippen LogP contribution in [0.25, 0.3) is 0 Å². The first-order chi connectivity index (χ1) is 12.7. The molecule has 4 rings (SSSR count). The standard InChI is InChI=1S/C22H25NO3/c24-21(23-14-6-11-20(23)22(25)12-13-22)15-18-9-4-5-10-19(18)26-16-17-7-2-1-3-8-17/h1-5,7-10,20,25H,6,11-16H2. The number of benzene rings is 2. The molecule has 1 heterocycles. The number of para-hydroxylation sites is 1. The third-order valence-electron chi connectivity index (χ3n) is 5.51. The molecule has 4 nitrogen and oxygen atoms in total. The van der Waals surface area contributed by atoms with Gasteiger partial charge in [0.25, 0.3) is 0 Å². The van der Waals surface area contributed by atoms with Gasteiger partial charge in [-0.15, -0.1) is 0 Å². The van der Waals surface area contributed by atoms with Gasteiger partial charge in [0.1, 0.15) is 12.4 Å². The Hall–Kier alpha value is -2.33. The molecule has 1 aliphatic carbocycles. The quantitative estimate of drug-likeness (QED) is 0.868. The van der Waals surface area contributed by atoms with Crippen molar-refractivity contribution in [1.82, 2.24) is 4.90 Å². The summed E-state index contributed by atoms with van der Waals surface area (Å²) in [6.07, 6.45) is 3.84. The Morgan fingerprint density at radius 2 is 1.85 bits per heavy atom. The molecular formula is C22H25NO3. The summed E-state index contributed by atoms with van der Waals surface area (Å²) in [5.74, 6) is 0.842. The maximum absolute atomic E-state index is 12.9. The van der Waals surface area contributed by atoms with Crippen molar-refractivity contribution < 1.29 is 14.6 Å². The van der Waals surface area contributed by atoms with Crippen LogP contribution in [0.4, 0.5) is 0 Å². The fourth-order valence-electron chi connectivity index (χ4n) is 3.88. The van der Waals surface area contributed by atoms with E-state index in [4.69, 9.17) is 4.74 Å². The van der Waals surface area contributed by atoms with Crippen LogP contribution in [0.3, 0.4) is 0 Å². The van der Waals surface area contributed by atoms with Gasteiger partial charge < -0.3 is 14.7 Å². The van der Waals surface area contributed by atoms with Crippen LogP contribution < -0.4 is 4.74 Å². The maximum Gasteiger partial charge on any atom is 0.227 e. The molecule has 136 valence electrons. The second-order valence-corrected chi connectivity index (χ2v) is 7.41. The van der Waals surface area contributed by atoms with E-state index in [9.17, 15) is 9.90 Å². The first kappa shape index (κ1) is 17.1. The average molecular weight is 351 g/mol. The van der Waals surface area contributed by atoms with Gasteiger partial charge in [0.05, 0.1) is 18.1 Å². The number of carbonyl (C=O) groups is 1. The number of aliphatic hydroxyl groups is 1. The highest BCUT2D eigenvalue weighted by atomic mass is 16.5. The zero-order valence-electron chi connectivity index (χ0n) is 14.9. The van der Waals surface area contributed by atoms with Gasteiger partial charge >= 0.3 is 0 Å². The van der Waals surface area contributed by atoms with Crippen LogP contribution in [-0.2, 0) is 17.8 Å². The van der Waals surface area contributed by atoms with E-state index in [0.717, 1.165) is 49.1 Å². The van der Waals surface area contributed by atoms with Crippen LogP contribution in [0.1, 0.15) is 36.8 Å². The minimum atomic E-state index is -0.629. The molecule has 26 heavy (non-hydrogen) atoms. The van der Waals surface area contributed by atoms with Gasteiger partial charge in [0.15, 0.2) is 0 Å². The lowest BCUT2D eigenvalue weighted by Gasteiger charge is -2.29. The molecule has 1 unspecified atom stereocenters. The van der Waals surface area contributed by atoms with Crippen molar-refractivity contribution in [3.8, 4) is 5.75 Å². The Morgan fingerprint density at radius 3 is 2.62 bits per heavy atom. The summed E-state index contributed by atoms with van der Waals surface area (Å²) in [4.78, 5) is 14.8. The third-order valence-corrected chi connectivity index (χ3v) is 5.51.